The maximum Gasteiger partial charge on any atom is 0.416 e. The summed E-state index contributed by atoms with van der Waals surface area (Å²) in [7, 11) is -3.35. The van der Waals surface area contributed by atoms with E-state index in [1.165, 1.54) is 16.7 Å². The Morgan fingerprint density at radius 3 is 2.42 bits per heavy atom. The lowest BCUT2D eigenvalue weighted by molar-refractivity contribution is -0.137. The summed E-state index contributed by atoms with van der Waals surface area (Å²) in [5.41, 5.74) is 0.0494. The number of sulfone groups is 1. The maximum absolute atomic E-state index is 13.3. The van der Waals surface area contributed by atoms with Crippen LogP contribution in [0.1, 0.15) is 11.1 Å². The number of amidine groups is 1. The first-order valence-corrected chi connectivity index (χ1v) is 12.9. The number of alkyl halides is 3. The van der Waals surface area contributed by atoms with Crippen molar-refractivity contribution in [3.63, 3.8) is 0 Å². The molecule has 0 radical (unpaired) electrons. The fraction of sp³-hybridized carbons (Fsp3) is 0.316. The van der Waals surface area contributed by atoms with E-state index in [2.05, 4.69) is 4.99 Å². The van der Waals surface area contributed by atoms with Crippen LogP contribution in [0.4, 0.5) is 18.9 Å². The van der Waals surface area contributed by atoms with Gasteiger partial charge in [0.25, 0.3) is 0 Å². The van der Waals surface area contributed by atoms with E-state index in [0.29, 0.717) is 21.0 Å². The molecule has 0 aromatic heterocycles. The molecule has 2 aromatic carbocycles. The van der Waals surface area contributed by atoms with Crippen molar-refractivity contribution in [1.29, 1.82) is 0 Å². The molecular weight excluding hydrogens is 516 g/mol. The van der Waals surface area contributed by atoms with Crippen molar-refractivity contribution in [2.75, 3.05) is 16.4 Å². The molecule has 2 aromatic rings. The van der Waals surface area contributed by atoms with Gasteiger partial charge >= 0.3 is 6.18 Å². The molecule has 166 valence electrons. The third-order valence-corrected chi connectivity index (χ3v) is 8.79. The first-order valence-electron chi connectivity index (χ1n) is 8.95. The van der Waals surface area contributed by atoms with Gasteiger partial charge in [-0.25, -0.2) is 8.42 Å². The predicted octanol–water partition coefficient (Wildman–Crippen LogP) is 5.94. The SMILES string of the molecule is O=S1(=O)CC2N=C(SCc3ccc(Cl)c(Cl)c3)N(c3cc(C(F)(F)F)ccc3Cl)C2C1. The van der Waals surface area contributed by atoms with Gasteiger partial charge < -0.3 is 4.90 Å². The van der Waals surface area contributed by atoms with Crippen molar-refractivity contribution >= 4 is 67.3 Å². The first kappa shape index (κ1) is 23.0. The molecule has 2 heterocycles. The lowest BCUT2D eigenvalue weighted by Crippen LogP contribution is -2.39. The number of hydrogen-bond acceptors (Lipinski definition) is 5. The van der Waals surface area contributed by atoms with Gasteiger partial charge in [0.1, 0.15) is 0 Å². The van der Waals surface area contributed by atoms with E-state index >= 15 is 0 Å². The highest BCUT2D eigenvalue weighted by Crippen LogP contribution is 2.42. The van der Waals surface area contributed by atoms with Crippen LogP contribution >= 0.6 is 46.6 Å². The van der Waals surface area contributed by atoms with Gasteiger partial charge in [0.05, 0.1) is 49.9 Å². The van der Waals surface area contributed by atoms with E-state index in [4.69, 9.17) is 34.8 Å². The normalized spacial score (nSPS) is 22.5. The number of thioether (sulfide) groups is 1. The Balaban J connectivity index is 1.69. The Kier molecular flexibility index (Phi) is 6.20. The summed E-state index contributed by atoms with van der Waals surface area (Å²) in [4.78, 5) is 6.04. The van der Waals surface area contributed by atoms with Crippen LogP contribution in [-0.2, 0) is 21.8 Å². The molecule has 2 aliphatic heterocycles. The molecule has 1 fully saturated rings. The molecule has 12 heteroatoms. The smallest absolute Gasteiger partial charge is 0.313 e. The molecule has 2 unspecified atom stereocenters. The standard InChI is InChI=1S/C19H14Cl3F3N2O2S2/c20-12-3-1-10(5-14(12)22)7-30-18-26-15-8-31(28,29)9-17(15)27(18)16-6-11(19(23,24)25)2-4-13(16)21/h1-6,15,17H,7-9H2. The number of halogens is 6. The Bertz CT molecular complexity index is 1170. The van der Waals surface area contributed by atoms with Crippen molar-refractivity contribution < 1.29 is 21.6 Å². The van der Waals surface area contributed by atoms with Gasteiger partial charge in [-0.1, -0.05) is 52.6 Å². The monoisotopic (exact) mass is 528 g/mol. The van der Waals surface area contributed by atoms with E-state index < -0.39 is 33.7 Å². The number of fused-ring (bicyclic) bond motifs is 1. The van der Waals surface area contributed by atoms with Crippen LogP contribution in [0, 0.1) is 0 Å². The molecule has 31 heavy (non-hydrogen) atoms. The number of aliphatic imine (C=N–C) groups is 1. The minimum atomic E-state index is -4.56. The van der Waals surface area contributed by atoms with Gasteiger partial charge in [0, 0.05) is 5.75 Å². The zero-order valence-corrected chi connectivity index (χ0v) is 19.4. The molecule has 1 saturated heterocycles. The van der Waals surface area contributed by atoms with Crippen molar-refractivity contribution in [3.05, 3.63) is 62.6 Å². The van der Waals surface area contributed by atoms with Crippen molar-refractivity contribution in [2.45, 2.75) is 24.0 Å². The summed E-state index contributed by atoms with van der Waals surface area (Å²) in [6.07, 6.45) is -4.56. The van der Waals surface area contributed by atoms with Crippen molar-refractivity contribution in [1.82, 2.24) is 0 Å². The third-order valence-electron chi connectivity index (χ3n) is 4.99. The zero-order chi connectivity index (χ0) is 22.6. The quantitative estimate of drug-likeness (QED) is 0.494. The second kappa shape index (κ2) is 8.33. The van der Waals surface area contributed by atoms with Crippen LogP contribution in [0.15, 0.2) is 41.4 Å². The van der Waals surface area contributed by atoms with Gasteiger partial charge in [0.15, 0.2) is 15.0 Å². The largest absolute Gasteiger partial charge is 0.416 e. The molecule has 0 aliphatic carbocycles. The van der Waals surface area contributed by atoms with E-state index in [0.717, 1.165) is 23.8 Å². The molecule has 0 spiro atoms. The highest BCUT2D eigenvalue weighted by molar-refractivity contribution is 8.13. The van der Waals surface area contributed by atoms with E-state index in [1.54, 1.807) is 18.2 Å². The van der Waals surface area contributed by atoms with Crippen molar-refractivity contribution in [2.24, 2.45) is 4.99 Å². The number of anilines is 1. The topological polar surface area (TPSA) is 49.7 Å². The summed E-state index contributed by atoms with van der Waals surface area (Å²) in [5.74, 6) is 0.0567. The minimum Gasteiger partial charge on any atom is -0.313 e. The number of rotatable bonds is 3. The molecule has 0 N–H and O–H groups in total. The van der Waals surface area contributed by atoms with E-state index in [1.807, 2.05) is 0 Å². The molecule has 2 atom stereocenters. The maximum atomic E-state index is 13.3. The highest BCUT2D eigenvalue weighted by Gasteiger charge is 2.48. The van der Waals surface area contributed by atoms with Crippen LogP contribution < -0.4 is 4.90 Å². The lowest BCUT2D eigenvalue weighted by atomic mass is 10.1. The van der Waals surface area contributed by atoms with Crippen molar-refractivity contribution in [3.8, 4) is 0 Å². The van der Waals surface area contributed by atoms with E-state index in [-0.39, 0.29) is 22.2 Å². The average Bonchev–Trinajstić information content (AvgIpc) is 3.13. The fourth-order valence-electron chi connectivity index (χ4n) is 3.57. The molecule has 0 amide bonds. The van der Waals surface area contributed by atoms with Crippen LogP contribution in [0.5, 0.6) is 0 Å². The molecule has 0 saturated carbocycles. The molecule has 2 aliphatic rings. The van der Waals surface area contributed by atoms with Gasteiger partial charge in [-0.2, -0.15) is 13.2 Å². The average molecular weight is 530 g/mol. The molecule has 4 rings (SSSR count). The number of nitrogens with zero attached hydrogens (tertiary/aromatic N) is 2. The zero-order valence-electron chi connectivity index (χ0n) is 15.5. The molecule has 4 nitrogen and oxygen atoms in total. The second-order valence-electron chi connectivity index (χ2n) is 7.19. The summed E-state index contributed by atoms with van der Waals surface area (Å²) in [5, 5.41) is 1.29. The predicted molar refractivity (Wildman–Crippen MR) is 120 cm³/mol. The summed E-state index contributed by atoms with van der Waals surface area (Å²) < 4.78 is 64.2. The van der Waals surface area contributed by atoms with Crippen LogP contribution in [0.25, 0.3) is 0 Å². The molecule has 0 bridgehead atoms. The van der Waals surface area contributed by atoms with Gasteiger partial charge in [-0.15, -0.1) is 0 Å². The van der Waals surface area contributed by atoms with Crippen LogP contribution in [-0.4, -0.2) is 37.2 Å². The highest BCUT2D eigenvalue weighted by atomic mass is 35.5. The summed E-state index contributed by atoms with van der Waals surface area (Å²) in [6.45, 7) is 0. The Hall–Kier alpha value is -1.13. The lowest BCUT2D eigenvalue weighted by Gasteiger charge is -2.28. The Morgan fingerprint density at radius 1 is 1.03 bits per heavy atom. The van der Waals surface area contributed by atoms with E-state index in [9.17, 15) is 21.6 Å². The van der Waals surface area contributed by atoms with Crippen LogP contribution in [0.3, 0.4) is 0 Å². The third kappa shape index (κ3) is 4.80. The van der Waals surface area contributed by atoms with Gasteiger partial charge in [0.2, 0.25) is 0 Å². The van der Waals surface area contributed by atoms with Gasteiger partial charge in [-0.05, 0) is 35.9 Å². The second-order valence-corrected chi connectivity index (χ2v) is 11.5. The number of benzene rings is 2. The fourth-order valence-corrected chi connectivity index (χ4v) is 7.00. The number of hydrogen-bond donors (Lipinski definition) is 0. The Morgan fingerprint density at radius 2 is 1.74 bits per heavy atom. The molecular formula is C19H14Cl3F3N2O2S2. The van der Waals surface area contributed by atoms with Crippen LogP contribution in [0.2, 0.25) is 15.1 Å². The first-order chi connectivity index (χ1) is 14.4. The van der Waals surface area contributed by atoms with Gasteiger partial charge in [-0.3, -0.25) is 4.99 Å². The minimum absolute atomic E-state index is 0.0841. The Labute approximate surface area is 196 Å². The summed E-state index contributed by atoms with van der Waals surface area (Å²) in [6, 6.07) is 6.95. The summed E-state index contributed by atoms with van der Waals surface area (Å²) >= 11 is 19.5.